The summed E-state index contributed by atoms with van der Waals surface area (Å²) in [6.07, 6.45) is 2.23. The van der Waals surface area contributed by atoms with E-state index in [9.17, 15) is 9.59 Å². The van der Waals surface area contributed by atoms with Crippen molar-refractivity contribution in [3.05, 3.63) is 0 Å². The SMILES string of the molecule is CCN(CC(=O)O)C(=O)C1CCCCO1. The van der Waals surface area contributed by atoms with Crippen LogP contribution in [-0.2, 0) is 14.3 Å². The molecule has 5 heteroatoms. The highest BCUT2D eigenvalue weighted by Crippen LogP contribution is 2.14. The highest BCUT2D eigenvalue weighted by atomic mass is 16.5. The zero-order chi connectivity index (χ0) is 11.3. The van der Waals surface area contributed by atoms with E-state index in [4.69, 9.17) is 9.84 Å². The lowest BCUT2D eigenvalue weighted by Gasteiger charge is -2.27. The smallest absolute Gasteiger partial charge is 0.323 e. The van der Waals surface area contributed by atoms with E-state index < -0.39 is 12.1 Å². The summed E-state index contributed by atoms with van der Waals surface area (Å²) in [4.78, 5) is 23.6. The van der Waals surface area contributed by atoms with Crippen molar-refractivity contribution < 1.29 is 19.4 Å². The molecule has 1 rings (SSSR count). The van der Waals surface area contributed by atoms with Crippen LogP contribution in [0.5, 0.6) is 0 Å². The van der Waals surface area contributed by atoms with Crippen LogP contribution in [0.15, 0.2) is 0 Å². The number of nitrogens with zero attached hydrogens (tertiary/aromatic N) is 1. The molecule has 1 unspecified atom stereocenters. The van der Waals surface area contributed by atoms with Gasteiger partial charge >= 0.3 is 5.97 Å². The molecular formula is C10H17NO4. The molecule has 0 spiro atoms. The van der Waals surface area contributed by atoms with Gasteiger partial charge in [-0.15, -0.1) is 0 Å². The van der Waals surface area contributed by atoms with E-state index in [0.717, 1.165) is 12.8 Å². The number of amides is 1. The van der Waals surface area contributed by atoms with Gasteiger partial charge in [0.15, 0.2) is 0 Å². The minimum Gasteiger partial charge on any atom is -0.480 e. The van der Waals surface area contributed by atoms with Crippen LogP contribution in [0, 0.1) is 0 Å². The summed E-state index contributed by atoms with van der Waals surface area (Å²) in [5.41, 5.74) is 0. The second kappa shape index (κ2) is 5.70. The molecule has 1 amide bonds. The summed E-state index contributed by atoms with van der Waals surface area (Å²) in [5, 5.41) is 8.63. The van der Waals surface area contributed by atoms with Crippen LogP contribution in [0.25, 0.3) is 0 Å². The molecule has 5 nitrogen and oxygen atoms in total. The fourth-order valence-electron chi connectivity index (χ4n) is 1.65. The molecule has 1 atom stereocenters. The fraction of sp³-hybridized carbons (Fsp3) is 0.800. The predicted molar refractivity (Wildman–Crippen MR) is 53.5 cm³/mol. The average Bonchev–Trinajstić information content (AvgIpc) is 2.26. The average molecular weight is 215 g/mol. The van der Waals surface area contributed by atoms with Gasteiger partial charge in [0, 0.05) is 13.2 Å². The van der Waals surface area contributed by atoms with Crippen LogP contribution >= 0.6 is 0 Å². The Morgan fingerprint density at radius 2 is 2.20 bits per heavy atom. The number of hydrogen-bond donors (Lipinski definition) is 1. The van der Waals surface area contributed by atoms with Crippen LogP contribution in [0.3, 0.4) is 0 Å². The molecule has 1 saturated heterocycles. The van der Waals surface area contributed by atoms with Gasteiger partial charge in [-0.1, -0.05) is 0 Å². The third-order valence-corrected chi connectivity index (χ3v) is 2.47. The first kappa shape index (κ1) is 12.0. The molecule has 0 radical (unpaired) electrons. The van der Waals surface area contributed by atoms with E-state index in [2.05, 4.69) is 0 Å². The van der Waals surface area contributed by atoms with E-state index >= 15 is 0 Å². The van der Waals surface area contributed by atoms with Crippen molar-refractivity contribution in [1.29, 1.82) is 0 Å². The molecule has 1 aliphatic rings. The first-order valence-corrected chi connectivity index (χ1v) is 5.27. The lowest BCUT2D eigenvalue weighted by molar-refractivity contribution is -0.152. The molecule has 1 aliphatic heterocycles. The zero-order valence-corrected chi connectivity index (χ0v) is 8.94. The monoisotopic (exact) mass is 215 g/mol. The molecule has 1 N–H and O–H groups in total. The Morgan fingerprint density at radius 1 is 1.47 bits per heavy atom. The first-order chi connectivity index (χ1) is 7.15. The van der Waals surface area contributed by atoms with E-state index in [0.29, 0.717) is 19.6 Å². The van der Waals surface area contributed by atoms with Crippen molar-refractivity contribution in [2.24, 2.45) is 0 Å². The highest BCUT2D eigenvalue weighted by Gasteiger charge is 2.26. The molecule has 1 heterocycles. The Balaban J connectivity index is 2.50. The topological polar surface area (TPSA) is 66.8 Å². The third kappa shape index (κ3) is 3.51. The number of rotatable bonds is 4. The Bertz CT molecular complexity index is 236. The van der Waals surface area contributed by atoms with Crippen molar-refractivity contribution in [1.82, 2.24) is 4.90 Å². The number of ether oxygens (including phenoxy) is 1. The summed E-state index contributed by atoms with van der Waals surface area (Å²) in [5.74, 6) is -1.18. The van der Waals surface area contributed by atoms with Gasteiger partial charge < -0.3 is 14.7 Å². The van der Waals surface area contributed by atoms with Crippen molar-refractivity contribution in [3.63, 3.8) is 0 Å². The number of hydrogen-bond acceptors (Lipinski definition) is 3. The van der Waals surface area contributed by atoms with Crippen LogP contribution in [-0.4, -0.2) is 47.7 Å². The zero-order valence-electron chi connectivity index (χ0n) is 8.94. The van der Waals surface area contributed by atoms with Crippen molar-refractivity contribution >= 4 is 11.9 Å². The maximum atomic E-state index is 11.8. The van der Waals surface area contributed by atoms with E-state index in [-0.39, 0.29) is 12.5 Å². The summed E-state index contributed by atoms with van der Waals surface area (Å²) in [6, 6.07) is 0. The highest BCUT2D eigenvalue weighted by molar-refractivity contribution is 5.84. The molecule has 0 saturated carbocycles. The van der Waals surface area contributed by atoms with Crippen LogP contribution in [0.1, 0.15) is 26.2 Å². The van der Waals surface area contributed by atoms with Gasteiger partial charge in [-0.05, 0) is 26.2 Å². The molecule has 0 aromatic carbocycles. The molecule has 15 heavy (non-hydrogen) atoms. The molecule has 0 bridgehead atoms. The normalized spacial score (nSPS) is 21.0. The molecule has 0 aromatic heterocycles. The van der Waals surface area contributed by atoms with Crippen molar-refractivity contribution in [2.45, 2.75) is 32.3 Å². The van der Waals surface area contributed by atoms with Crippen LogP contribution in [0.4, 0.5) is 0 Å². The van der Waals surface area contributed by atoms with Crippen molar-refractivity contribution in [2.75, 3.05) is 19.7 Å². The number of likely N-dealkylation sites (N-methyl/N-ethyl adjacent to an activating group) is 1. The summed E-state index contributed by atoms with van der Waals surface area (Å²) in [6.45, 7) is 2.53. The summed E-state index contributed by atoms with van der Waals surface area (Å²) in [7, 11) is 0. The Labute approximate surface area is 89.0 Å². The van der Waals surface area contributed by atoms with E-state index in [1.165, 1.54) is 4.90 Å². The second-order valence-electron chi connectivity index (χ2n) is 3.60. The van der Waals surface area contributed by atoms with Crippen LogP contribution in [0.2, 0.25) is 0 Å². The maximum absolute atomic E-state index is 11.8. The van der Waals surface area contributed by atoms with E-state index in [1.807, 2.05) is 0 Å². The Morgan fingerprint density at radius 3 is 2.67 bits per heavy atom. The fourth-order valence-corrected chi connectivity index (χ4v) is 1.65. The van der Waals surface area contributed by atoms with Gasteiger partial charge in [-0.25, -0.2) is 0 Å². The number of carboxylic acids is 1. The number of carbonyl (C=O) groups is 2. The number of carbonyl (C=O) groups excluding carboxylic acids is 1. The van der Waals surface area contributed by atoms with Gasteiger partial charge in [-0.2, -0.15) is 0 Å². The van der Waals surface area contributed by atoms with Gasteiger partial charge in [0.05, 0.1) is 0 Å². The van der Waals surface area contributed by atoms with Gasteiger partial charge in [-0.3, -0.25) is 9.59 Å². The van der Waals surface area contributed by atoms with Gasteiger partial charge in [0.25, 0.3) is 5.91 Å². The first-order valence-electron chi connectivity index (χ1n) is 5.27. The third-order valence-electron chi connectivity index (χ3n) is 2.47. The quantitative estimate of drug-likeness (QED) is 0.741. The maximum Gasteiger partial charge on any atom is 0.323 e. The van der Waals surface area contributed by atoms with Crippen LogP contribution < -0.4 is 0 Å². The molecular weight excluding hydrogens is 198 g/mol. The number of carboxylic acid groups (broad SMARTS) is 1. The van der Waals surface area contributed by atoms with Gasteiger partial charge in [0.1, 0.15) is 12.6 Å². The Hall–Kier alpha value is -1.10. The second-order valence-corrected chi connectivity index (χ2v) is 3.60. The number of aliphatic carboxylic acids is 1. The Kier molecular flexibility index (Phi) is 4.55. The molecule has 86 valence electrons. The van der Waals surface area contributed by atoms with E-state index in [1.54, 1.807) is 6.92 Å². The lowest BCUT2D eigenvalue weighted by atomic mass is 10.1. The standard InChI is InChI=1S/C10H17NO4/c1-2-11(7-9(12)13)10(14)8-5-3-4-6-15-8/h8H,2-7H2,1H3,(H,12,13). The minimum atomic E-state index is -0.985. The summed E-state index contributed by atoms with van der Waals surface area (Å²) >= 11 is 0. The predicted octanol–water partition coefficient (Wildman–Crippen LogP) is 0.489. The largest absolute Gasteiger partial charge is 0.480 e. The summed E-state index contributed by atoms with van der Waals surface area (Å²) < 4.78 is 5.32. The molecule has 0 aromatic rings. The van der Waals surface area contributed by atoms with Crippen molar-refractivity contribution in [3.8, 4) is 0 Å². The lowest BCUT2D eigenvalue weighted by Crippen LogP contribution is -2.44. The molecule has 1 fully saturated rings. The minimum absolute atomic E-state index is 0.195. The van der Waals surface area contributed by atoms with Gasteiger partial charge in [0.2, 0.25) is 0 Å². The molecule has 0 aliphatic carbocycles.